The number of imidazole rings is 1. The van der Waals surface area contributed by atoms with Crippen molar-refractivity contribution < 1.29 is 4.92 Å². The largest absolute Gasteiger partial charge is 0.332 e. The molecule has 0 aliphatic carbocycles. The minimum Gasteiger partial charge on any atom is -0.306 e. The topological polar surface area (TPSA) is 108 Å². The maximum Gasteiger partial charge on any atom is 0.332 e. The first-order valence-corrected chi connectivity index (χ1v) is 13.6. The molecule has 0 aliphatic heterocycles. The van der Waals surface area contributed by atoms with E-state index in [1.807, 2.05) is 41.8 Å². The van der Waals surface area contributed by atoms with Crippen molar-refractivity contribution >= 4 is 16.9 Å². The van der Waals surface area contributed by atoms with Gasteiger partial charge in [-0.25, -0.2) is 9.78 Å². The molecule has 0 amide bonds. The summed E-state index contributed by atoms with van der Waals surface area (Å²) in [5, 5.41) is 11.3. The summed E-state index contributed by atoms with van der Waals surface area (Å²) in [6.07, 6.45) is 1.36. The Morgan fingerprint density at radius 1 is 0.949 bits per heavy atom. The van der Waals surface area contributed by atoms with Gasteiger partial charge in [0.25, 0.3) is 11.2 Å². The van der Waals surface area contributed by atoms with E-state index in [0.717, 1.165) is 24.2 Å². The van der Waals surface area contributed by atoms with Gasteiger partial charge in [0.1, 0.15) is 5.82 Å². The molecule has 0 saturated heterocycles. The lowest BCUT2D eigenvalue weighted by Crippen LogP contribution is -2.41. The van der Waals surface area contributed by atoms with E-state index < -0.39 is 10.6 Å². The quantitative estimate of drug-likeness (QED) is 0.198. The number of aryl methyl sites for hydroxylation is 2. The number of hydrogen-bond donors (Lipinski definition) is 0. The van der Waals surface area contributed by atoms with Crippen LogP contribution in [0, 0.1) is 10.1 Å². The first-order valence-electron chi connectivity index (χ1n) is 13.6. The number of hydrogen-bond acceptors (Lipinski definition) is 6. The van der Waals surface area contributed by atoms with Crippen molar-refractivity contribution in [3.8, 4) is 0 Å². The highest BCUT2D eigenvalue weighted by molar-refractivity contribution is 5.71. The molecule has 2 heterocycles. The van der Waals surface area contributed by atoms with E-state index in [9.17, 15) is 19.7 Å². The van der Waals surface area contributed by atoms with E-state index in [1.54, 1.807) is 16.7 Å². The van der Waals surface area contributed by atoms with Crippen LogP contribution in [0.25, 0.3) is 11.2 Å². The Labute approximate surface area is 227 Å². The molecule has 0 fully saturated rings. The van der Waals surface area contributed by atoms with Crippen LogP contribution in [0.4, 0.5) is 5.69 Å². The summed E-state index contributed by atoms with van der Waals surface area (Å²) < 4.78 is 4.85. The summed E-state index contributed by atoms with van der Waals surface area (Å²) in [5.74, 6) is 0.713. The molecular weight excluding hydrogens is 496 g/mol. The molecule has 0 spiro atoms. The lowest BCUT2D eigenvalue weighted by Gasteiger charge is -2.29. The average molecular weight is 533 g/mol. The summed E-state index contributed by atoms with van der Waals surface area (Å²) in [6.45, 7) is 10.3. The van der Waals surface area contributed by atoms with Gasteiger partial charge in [-0.05, 0) is 44.0 Å². The SMILES string of the molecule is CCCn1c(=O)c2c(nc(Cc3ccccc3)n2C(C)N(CC)CC)n(CCc2cccc([N+](=O)[O-])c2)c1=O. The van der Waals surface area contributed by atoms with Crippen LogP contribution in [0.2, 0.25) is 0 Å². The normalized spacial score (nSPS) is 12.3. The van der Waals surface area contributed by atoms with Crippen molar-refractivity contribution in [1.29, 1.82) is 0 Å². The van der Waals surface area contributed by atoms with Crippen LogP contribution < -0.4 is 11.2 Å². The zero-order valence-electron chi connectivity index (χ0n) is 23.0. The van der Waals surface area contributed by atoms with Crippen LogP contribution in [0.15, 0.2) is 64.2 Å². The second-order valence-electron chi connectivity index (χ2n) is 9.65. The number of benzene rings is 2. The zero-order valence-corrected chi connectivity index (χ0v) is 23.0. The van der Waals surface area contributed by atoms with Crippen molar-refractivity contribution in [3.05, 3.63) is 103 Å². The molecule has 10 nitrogen and oxygen atoms in total. The molecule has 39 heavy (non-hydrogen) atoms. The second-order valence-corrected chi connectivity index (χ2v) is 9.65. The number of aromatic nitrogens is 4. The molecule has 10 heteroatoms. The predicted molar refractivity (Wildman–Crippen MR) is 152 cm³/mol. The molecule has 1 unspecified atom stereocenters. The lowest BCUT2D eigenvalue weighted by atomic mass is 10.1. The van der Waals surface area contributed by atoms with E-state index in [2.05, 4.69) is 25.7 Å². The van der Waals surface area contributed by atoms with E-state index in [1.165, 1.54) is 16.7 Å². The van der Waals surface area contributed by atoms with Crippen LogP contribution in [0.1, 0.15) is 57.2 Å². The van der Waals surface area contributed by atoms with E-state index >= 15 is 0 Å². The number of non-ortho nitro benzene ring substituents is 1. The Balaban J connectivity index is 1.93. The van der Waals surface area contributed by atoms with Crippen molar-refractivity contribution in [1.82, 2.24) is 23.6 Å². The predicted octanol–water partition coefficient (Wildman–Crippen LogP) is 4.37. The van der Waals surface area contributed by atoms with E-state index in [4.69, 9.17) is 4.98 Å². The number of nitro groups is 1. The van der Waals surface area contributed by atoms with Gasteiger partial charge in [0.05, 0.1) is 11.1 Å². The minimum atomic E-state index is -0.429. The second kappa shape index (κ2) is 12.2. The Morgan fingerprint density at radius 2 is 1.64 bits per heavy atom. The average Bonchev–Trinajstić information content (AvgIpc) is 3.31. The summed E-state index contributed by atoms with van der Waals surface area (Å²) >= 11 is 0. The Morgan fingerprint density at radius 3 is 2.28 bits per heavy atom. The first kappa shape index (κ1) is 28.0. The van der Waals surface area contributed by atoms with E-state index in [0.29, 0.717) is 42.8 Å². The molecule has 0 saturated carbocycles. The molecule has 4 aromatic rings. The third-order valence-corrected chi connectivity index (χ3v) is 7.24. The number of rotatable bonds is 12. The van der Waals surface area contributed by atoms with Gasteiger partial charge in [-0.1, -0.05) is 63.2 Å². The molecule has 4 rings (SSSR count). The molecule has 0 N–H and O–H groups in total. The standard InChI is InChI=1S/C29H36N6O4/c1-5-17-33-28(36)26-27(32(29(33)37)18-16-23-14-11-15-24(19-23)35(38)39)30-25(20-22-12-9-8-10-13-22)34(26)21(4)31(6-2)7-3/h8-15,19,21H,5-7,16-18,20H2,1-4H3. The van der Waals surface area contributed by atoms with Crippen molar-refractivity contribution in [2.24, 2.45) is 0 Å². The smallest absolute Gasteiger partial charge is 0.306 e. The Bertz CT molecular complexity index is 1570. The highest BCUT2D eigenvalue weighted by atomic mass is 16.6. The lowest BCUT2D eigenvalue weighted by molar-refractivity contribution is -0.384. The summed E-state index contributed by atoms with van der Waals surface area (Å²) in [4.78, 5) is 45.5. The molecule has 1 atom stereocenters. The summed E-state index contributed by atoms with van der Waals surface area (Å²) in [5.41, 5.74) is 1.81. The van der Waals surface area contributed by atoms with Crippen LogP contribution >= 0.6 is 0 Å². The van der Waals surface area contributed by atoms with Crippen LogP contribution in [0.5, 0.6) is 0 Å². The molecule has 0 radical (unpaired) electrons. The number of nitrogens with zero attached hydrogens (tertiary/aromatic N) is 6. The van der Waals surface area contributed by atoms with Gasteiger partial charge in [-0.3, -0.25) is 28.9 Å². The van der Waals surface area contributed by atoms with Gasteiger partial charge in [0, 0.05) is 31.6 Å². The third kappa shape index (κ3) is 5.70. The van der Waals surface area contributed by atoms with Crippen molar-refractivity contribution in [2.45, 2.75) is 66.2 Å². The fraction of sp³-hybridized carbons (Fsp3) is 0.414. The number of fused-ring (bicyclic) bond motifs is 1. The highest BCUT2D eigenvalue weighted by Crippen LogP contribution is 2.24. The van der Waals surface area contributed by atoms with Crippen LogP contribution in [-0.2, 0) is 25.9 Å². The monoisotopic (exact) mass is 532 g/mol. The summed E-state index contributed by atoms with van der Waals surface area (Å²) in [6, 6.07) is 16.4. The van der Waals surface area contributed by atoms with Gasteiger partial charge in [0.2, 0.25) is 0 Å². The third-order valence-electron chi connectivity index (χ3n) is 7.24. The molecule has 2 aromatic carbocycles. The maximum absolute atomic E-state index is 13.9. The Kier molecular flexibility index (Phi) is 8.75. The van der Waals surface area contributed by atoms with Crippen molar-refractivity contribution in [2.75, 3.05) is 13.1 Å². The fourth-order valence-corrected chi connectivity index (χ4v) is 5.21. The van der Waals surface area contributed by atoms with Gasteiger partial charge in [0.15, 0.2) is 11.2 Å². The first-order chi connectivity index (χ1) is 18.8. The van der Waals surface area contributed by atoms with Crippen LogP contribution in [-0.4, -0.2) is 41.6 Å². The van der Waals surface area contributed by atoms with Crippen LogP contribution in [0.3, 0.4) is 0 Å². The van der Waals surface area contributed by atoms with Gasteiger partial charge >= 0.3 is 5.69 Å². The van der Waals surface area contributed by atoms with E-state index in [-0.39, 0.29) is 24.0 Å². The highest BCUT2D eigenvalue weighted by Gasteiger charge is 2.26. The number of nitro benzene ring substituents is 1. The molecule has 2 aromatic heterocycles. The fourth-order valence-electron chi connectivity index (χ4n) is 5.21. The maximum atomic E-state index is 13.9. The van der Waals surface area contributed by atoms with Gasteiger partial charge in [-0.2, -0.15) is 0 Å². The van der Waals surface area contributed by atoms with Gasteiger partial charge in [-0.15, -0.1) is 0 Å². The van der Waals surface area contributed by atoms with Gasteiger partial charge < -0.3 is 4.57 Å². The summed E-state index contributed by atoms with van der Waals surface area (Å²) in [7, 11) is 0. The minimum absolute atomic E-state index is 0.00317. The molecular formula is C29H36N6O4. The molecule has 206 valence electrons. The Hall–Kier alpha value is -4.05. The molecule has 0 aliphatic rings. The molecule has 0 bridgehead atoms. The zero-order chi connectivity index (χ0) is 28.1. The van der Waals surface area contributed by atoms with Crippen molar-refractivity contribution in [3.63, 3.8) is 0 Å².